The number of nitrogens with zero attached hydrogens (tertiary/aromatic N) is 2. The van der Waals surface area contributed by atoms with Crippen LogP contribution in [0.25, 0.3) is 0 Å². The van der Waals surface area contributed by atoms with Gasteiger partial charge >= 0.3 is 0 Å². The first-order valence-corrected chi connectivity index (χ1v) is 10.9. The van der Waals surface area contributed by atoms with E-state index in [0.717, 1.165) is 22.7 Å². The maximum absolute atomic E-state index is 13.0. The summed E-state index contributed by atoms with van der Waals surface area (Å²) in [6.45, 7) is -0.475. The molecule has 0 N–H and O–H groups in total. The molecule has 1 atom stereocenters. The summed E-state index contributed by atoms with van der Waals surface area (Å²) >= 11 is 0. The zero-order valence-corrected chi connectivity index (χ0v) is 15.0. The zero-order valence-electron chi connectivity index (χ0n) is 13.3. The lowest BCUT2D eigenvalue weighted by Gasteiger charge is -2.28. The Kier molecular flexibility index (Phi) is 5.19. The third-order valence-corrected chi connectivity index (χ3v) is 6.83. The van der Waals surface area contributed by atoms with Crippen molar-refractivity contribution in [1.29, 1.82) is 0 Å². The molecular formula is C14H19FN2O5S2. The minimum atomic E-state index is -3.76. The fraction of sp³-hybridized carbons (Fsp3) is 0.500. The van der Waals surface area contributed by atoms with E-state index in [4.69, 9.17) is 0 Å². The second-order valence-electron chi connectivity index (χ2n) is 5.81. The van der Waals surface area contributed by atoms with E-state index in [1.54, 1.807) is 0 Å². The average Bonchev–Trinajstić information content (AvgIpc) is 2.84. The normalized spacial score (nSPS) is 19.9. The molecule has 0 aliphatic carbocycles. The molecule has 1 heterocycles. The highest BCUT2D eigenvalue weighted by molar-refractivity contribution is 7.92. The van der Waals surface area contributed by atoms with Crippen molar-refractivity contribution in [3.8, 4) is 0 Å². The van der Waals surface area contributed by atoms with E-state index in [-0.39, 0.29) is 17.2 Å². The van der Waals surface area contributed by atoms with Gasteiger partial charge in [0.05, 0.1) is 23.4 Å². The number of sulfonamides is 1. The molecular weight excluding hydrogens is 359 g/mol. The molecule has 134 valence electrons. The predicted molar refractivity (Wildman–Crippen MR) is 88.4 cm³/mol. The number of amides is 1. The Morgan fingerprint density at radius 1 is 1.29 bits per heavy atom. The molecule has 1 aromatic carbocycles. The molecule has 1 aliphatic heterocycles. The van der Waals surface area contributed by atoms with Crippen molar-refractivity contribution in [3.05, 3.63) is 30.1 Å². The maximum Gasteiger partial charge on any atom is 0.243 e. The fourth-order valence-corrected chi connectivity index (χ4v) is 5.15. The van der Waals surface area contributed by atoms with E-state index in [1.165, 1.54) is 24.1 Å². The van der Waals surface area contributed by atoms with Crippen LogP contribution in [0.15, 0.2) is 24.3 Å². The predicted octanol–water partition coefficient (Wildman–Crippen LogP) is 0.237. The van der Waals surface area contributed by atoms with Crippen molar-refractivity contribution in [2.45, 2.75) is 12.5 Å². The SMILES string of the molecule is CN(C(=O)CN(c1ccc(F)cc1)S(C)(=O)=O)C1CCS(=O)(=O)C1. The van der Waals surface area contributed by atoms with E-state index in [0.29, 0.717) is 6.42 Å². The molecule has 0 radical (unpaired) electrons. The second-order valence-corrected chi connectivity index (χ2v) is 9.94. The number of anilines is 1. The van der Waals surface area contributed by atoms with Gasteiger partial charge in [0.1, 0.15) is 12.4 Å². The van der Waals surface area contributed by atoms with Gasteiger partial charge in [-0.2, -0.15) is 0 Å². The molecule has 10 heteroatoms. The monoisotopic (exact) mass is 378 g/mol. The first-order chi connectivity index (χ1) is 11.0. The second kappa shape index (κ2) is 6.67. The fourth-order valence-electron chi connectivity index (χ4n) is 2.53. The summed E-state index contributed by atoms with van der Waals surface area (Å²) < 4.78 is 60.9. The molecule has 1 aromatic rings. The molecule has 1 unspecified atom stereocenters. The summed E-state index contributed by atoms with van der Waals surface area (Å²) in [7, 11) is -5.46. The van der Waals surface area contributed by atoms with Gasteiger partial charge in [-0.15, -0.1) is 0 Å². The summed E-state index contributed by atoms with van der Waals surface area (Å²) in [5, 5.41) is 0. The van der Waals surface area contributed by atoms with E-state index < -0.39 is 44.2 Å². The molecule has 0 aromatic heterocycles. The van der Waals surface area contributed by atoms with Gasteiger partial charge in [0.2, 0.25) is 15.9 Å². The highest BCUT2D eigenvalue weighted by Crippen LogP contribution is 2.20. The number of hydrogen-bond acceptors (Lipinski definition) is 5. The van der Waals surface area contributed by atoms with Crippen LogP contribution in [0.3, 0.4) is 0 Å². The van der Waals surface area contributed by atoms with Gasteiger partial charge in [-0.3, -0.25) is 9.10 Å². The van der Waals surface area contributed by atoms with Crippen LogP contribution in [0.4, 0.5) is 10.1 Å². The Balaban J connectivity index is 2.18. The van der Waals surface area contributed by atoms with Crippen molar-refractivity contribution in [2.24, 2.45) is 0 Å². The third-order valence-electron chi connectivity index (χ3n) is 3.94. The lowest BCUT2D eigenvalue weighted by Crippen LogP contribution is -2.45. The number of sulfone groups is 1. The molecule has 0 bridgehead atoms. The molecule has 0 saturated carbocycles. The Bertz CT molecular complexity index is 821. The van der Waals surface area contributed by atoms with Crippen LogP contribution in [-0.4, -0.2) is 65.0 Å². The van der Waals surface area contributed by atoms with Gasteiger partial charge in [0.15, 0.2) is 9.84 Å². The van der Waals surface area contributed by atoms with Crippen molar-refractivity contribution < 1.29 is 26.0 Å². The minimum absolute atomic E-state index is 0.0169. The van der Waals surface area contributed by atoms with Gasteiger partial charge in [0.25, 0.3) is 0 Å². The first kappa shape index (κ1) is 18.7. The maximum atomic E-state index is 13.0. The van der Waals surface area contributed by atoms with Crippen LogP contribution in [0, 0.1) is 5.82 Å². The smallest absolute Gasteiger partial charge is 0.243 e. The van der Waals surface area contributed by atoms with Gasteiger partial charge in [-0.25, -0.2) is 21.2 Å². The molecule has 1 aliphatic rings. The zero-order chi connectivity index (χ0) is 18.1. The Morgan fingerprint density at radius 3 is 2.33 bits per heavy atom. The molecule has 0 spiro atoms. The first-order valence-electron chi connectivity index (χ1n) is 7.19. The molecule has 2 rings (SSSR count). The van der Waals surface area contributed by atoms with Crippen molar-refractivity contribution in [2.75, 3.05) is 35.7 Å². The highest BCUT2D eigenvalue weighted by Gasteiger charge is 2.34. The number of hydrogen-bond donors (Lipinski definition) is 0. The summed E-state index contributed by atoms with van der Waals surface area (Å²) in [6.07, 6.45) is 1.28. The van der Waals surface area contributed by atoms with Gasteiger partial charge < -0.3 is 4.90 Å². The summed E-state index contributed by atoms with van der Waals surface area (Å²) in [5.74, 6) is -1.15. The molecule has 24 heavy (non-hydrogen) atoms. The van der Waals surface area contributed by atoms with Crippen LogP contribution >= 0.6 is 0 Å². The van der Waals surface area contributed by atoms with Crippen LogP contribution < -0.4 is 4.31 Å². The molecule has 1 saturated heterocycles. The number of carbonyl (C=O) groups excluding carboxylic acids is 1. The van der Waals surface area contributed by atoms with Crippen LogP contribution in [-0.2, 0) is 24.7 Å². The number of carbonyl (C=O) groups is 1. The van der Waals surface area contributed by atoms with Gasteiger partial charge in [-0.05, 0) is 30.7 Å². The molecule has 7 nitrogen and oxygen atoms in total. The van der Waals surface area contributed by atoms with Gasteiger partial charge in [-0.1, -0.05) is 0 Å². The largest absolute Gasteiger partial charge is 0.340 e. The third kappa shape index (κ3) is 4.44. The summed E-state index contributed by atoms with van der Waals surface area (Å²) in [5.41, 5.74) is 0.166. The van der Waals surface area contributed by atoms with Crippen molar-refractivity contribution in [1.82, 2.24) is 4.90 Å². The number of rotatable bonds is 5. The van der Waals surface area contributed by atoms with Crippen LogP contribution in [0.5, 0.6) is 0 Å². The molecule has 1 amide bonds. The number of halogens is 1. The Labute approximate surface area is 141 Å². The van der Waals surface area contributed by atoms with Crippen molar-refractivity contribution >= 4 is 31.5 Å². The lowest BCUT2D eigenvalue weighted by atomic mass is 10.2. The van der Waals surface area contributed by atoms with E-state index in [9.17, 15) is 26.0 Å². The van der Waals surface area contributed by atoms with E-state index >= 15 is 0 Å². The number of benzene rings is 1. The topological polar surface area (TPSA) is 91.8 Å². The van der Waals surface area contributed by atoms with Crippen LogP contribution in [0.1, 0.15) is 6.42 Å². The minimum Gasteiger partial charge on any atom is -0.340 e. The van der Waals surface area contributed by atoms with Gasteiger partial charge in [0, 0.05) is 13.1 Å². The van der Waals surface area contributed by atoms with Crippen molar-refractivity contribution in [3.63, 3.8) is 0 Å². The lowest BCUT2D eigenvalue weighted by molar-refractivity contribution is -0.129. The highest BCUT2D eigenvalue weighted by atomic mass is 32.2. The van der Waals surface area contributed by atoms with Crippen LogP contribution in [0.2, 0.25) is 0 Å². The number of likely N-dealkylation sites (N-methyl/N-ethyl adjacent to an activating group) is 1. The standard InChI is InChI=1S/C14H19FN2O5S2/c1-16(13-7-8-24(21,22)10-13)14(18)9-17(23(2,19)20)12-5-3-11(15)4-6-12/h3-6,13H,7-10H2,1-2H3. The molecule has 1 fully saturated rings. The Hall–Kier alpha value is -1.68. The average molecular weight is 378 g/mol. The quantitative estimate of drug-likeness (QED) is 0.732. The van der Waals surface area contributed by atoms with E-state index in [2.05, 4.69) is 0 Å². The summed E-state index contributed by atoms with van der Waals surface area (Å²) in [6, 6.07) is 4.28. The Morgan fingerprint density at radius 2 is 1.88 bits per heavy atom. The van der Waals surface area contributed by atoms with E-state index in [1.807, 2.05) is 0 Å². The summed E-state index contributed by atoms with van der Waals surface area (Å²) in [4.78, 5) is 13.7.